The van der Waals surface area contributed by atoms with Crippen molar-refractivity contribution in [3.63, 3.8) is 0 Å². The SMILES string of the molecule is O=C(O)c1ccc(C2CCN(CC(F)F)CC2)cc1. The molecule has 0 unspecified atom stereocenters. The van der Waals surface area contributed by atoms with Crippen molar-refractivity contribution in [2.75, 3.05) is 19.6 Å². The van der Waals surface area contributed by atoms with Crippen molar-refractivity contribution in [3.05, 3.63) is 35.4 Å². The molecule has 1 N–H and O–H groups in total. The zero-order valence-electron chi connectivity index (χ0n) is 10.6. The molecule has 1 aliphatic heterocycles. The quantitative estimate of drug-likeness (QED) is 0.913. The third-order valence-corrected chi connectivity index (χ3v) is 3.61. The highest BCUT2D eigenvalue weighted by Gasteiger charge is 2.22. The van der Waals surface area contributed by atoms with E-state index in [-0.39, 0.29) is 12.1 Å². The first kappa shape index (κ1) is 13.9. The van der Waals surface area contributed by atoms with Gasteiger partial charge in [0.05, 0.1) is 12.1 Å². The number of nitrogens with zero attached hydrogens (tertiary/aromatic N) is 1. The summed E-state index contributed by atoms with van der Waals surface area (Å²) in [6.45, 7) is 1.20. The van der Waals surface area contributed by atoms with Crippen LogP contribution in [0.2, 0.25) is 0 Å². The van der Waals surface area contributed by atoms with Crippen LogP contribution >= 0.6 is 0 Å². The predicted molar refractivity (Wildman–Crippen MR) is 67.8 cm³/mol. The van der Waals surface area contributed by atoms with E-state index in [0.29, 0.717) is 19.0 Å². The second-order valence-electron chi connectivity index (χ2n) is 4.89. The maximum atomic E-state index is 12.3. The number of carboxylic acid groups (broad SMARTS) is 1. The highest BCUT2D eigenvalue weighted by Crippen LogP contribution is 2.28. The number of carbonyl (C=O) groups is 1. The molecule has 0 aliphatic carbocycles. The Morgan fingerprint density at radius 2 is 1.84 bits per heavy atom. The molecule has 0 atom stereocenters. The molecular weight excluding hydrogens is 252 g/mol. The van der Waals surface area contributed by atoms with Crippen LogP contribution in [0.5, 0.6) is 0 Å². The smallest absolute Gasteiger partial charge is 0.335 e. The van der Waals surface area contributed by atoms with Crippen LogP contribution in [0.3, 0.4) is 0 Å². The van der Waals surface area contributed by atoms with Gasteiger partial charge < -0.3 is 5.11 Å². The summed E-state index contributed by atoms with van der Waals surface area (Å²) < 4.78 is 24.5. The maximum Gasteiger partial charge on any atom is 0.335 e. The minimum atomic E-state index is -2.27. The summed E-state index contributed by atoms with van der Waals surface area (Å²) in [4.78, 5) is 12.5. The lowest BCUT2D eigenvalue weighted by Crippen LogP contribution is -2.36. The van der Waals surface area contributed by atoms with E-state index in [9.17, 15) is 13.6 Å². The van der Waals surface area contributed by atoms with Crippen molar-refractivity contribution in [2.24, 2.45) is 0 Å². The average Bonchev–Trinajstić information content (AvgIpc) is 2.39. The number of benzene rings is 1. The zero-order chi connectivity index (χ0) is 13.8. The van der Waals surface area contributed by atoms with Gasteiger partial charge in [0.15, 0.2) is 0 Å². The predicted octanol–water partition coefficient (Wildman–Crippen LogP) is 2.83. The first-order chi connectivity index (χ1) is 9.06. The summed E-state index contributed by atoms with van der Waals surface area (Å²) in [6, 6.07) is 6.86. The Kier molecular flexibility index (Phi) is 4.47. The molecule has 0 aromatic heterocycles. The van der Waals surface area contributed by atoms with Crippen LogP contribution in [0.25, 0.3) is 0 Å². The number of carboxylic acids is 1. The molecule has 3 nitrogen and oxygen atoms in total. The van der Waals surface area contributed by atoms with E-state index in [4.69, 9.17) is 5.11 Å². The summed E-state index contributed by atoms with van der Waals surface area (Å²) in [5, 5.41) is 8.83. The lowest BCUT2D eigenvalue weighted by Gasteiger charge is -2.31. The third kappa shape index (κ3) is 3.73. The van der Waals surface area contributed by atoms with Crippen LogP contribution in [-0.2, 0) is 0 Å². The molecule has 19 heavy (non-hydrogen) atoms. The number of halogens is 2. The molecule has 2 rings (SSSR count). The summed E-state index contributed by atoms with van der Waals surface area (Å²) in [7, 11) is 0. The fourth-order valence-electron chi connectivity index (χ4n) is 2.54. The van der Waals surface area contributed by atoms with Gasteiger partial charge in [-0.25, -0.2) is 13.6 Å². The highest BCUT2D eigenvalue weighted by molar-refractivity contribution is 5.87. The van der Waals surface area contributed by atoms with Crippen molar-refractivity contribution in [1.29, 1.82) is 0 Å². The van der Waals surface area contributed by atoms with Gasteiger partial charge in [-0.1, -0.05) is 12.1 Å². The summed E-state index contributed by atoms with van der Waals surface area (Å²) >= 11 is 0. The fourth-order valence-corrected chi connectivity index (χ4v) is 2.54. The van der Waals surface area contributed by atoms with E-state index >= 15 is 0 Å². The van der Waals surface area contributed by atoms with E-state index in [2.05, 4.69) is 0 Å². The lowest BCUT2D eigenvalue weighted by atomic mass is 9.89. The number of alkyl halides is 2. The normalized spacial score (nSPS) is 17.8. The van der Waals surface area contributed by atoms with Crippen molar-refractivity contribution in [3.8, 4) is 0 Å². The third-order valence-electron chi connectivity index (χ3n) is 3.61. The van der Waals surface area contributed by atoms with Crippen molar-refractivity contribution >= 4 is 5.97 Å². The van der Waals surface area contributed by atoms with Gasteiger partial charge in [-0.15, -0.1) is 0 Å². The van der Waals surface area contributed by atoms with Crippen LogP contribution < -0.4 is 0 Å². The Bertz CT molecular complexity index is 426. The molecule has 1 heterocycles. The van der Waals surface area contributed by atoms with Crippen molar-refractivity contribution in [2.45, 2.75) is 25.2 Å². The molecule has 1 aromatic carbocycles. The Morgan fingerprint density at radius 1 is 1.26 bits per heavy atom. The molecule has 104 valence electrons. The van der Waals surface area contributed by atoms with Crippen LogP contribution in [0.15, 0.2) is 24.3 Å². The fraction of sp³-hybridized carbons (Fsp3) is 0.500. The molecule has 0 bridgehead atoms. The highest BCUT2D eigenvalue weighted by atomic mass is 19.3. The number of hydrogen-bond donors (Lipinski definition) is 1. The monoisotopic (exact) mass is 269 g/mol. The van der Waals surface area contributed by atoms with Crippen molar-refractivity contribution in [1.82, 2.24) is 4.90 Å². The van der Waals surface area contributed by atoms with Gasteiger partial charge in [-0.2, -0.15) is 0 Å². The summed E-state index contributed by atoms with van der Waals surface area (Å²) in [5.74, 6) is -0.588. The number of likely N-dealkylation sites (tertiary alicyclic amines) is 1. The van der Waals surface area contributed by atoms with Gasteiger partial charge in [0.2, 0.25) is 0 Å². The van der Waals surface area contributed by atoms with Gasteiger partial charge >= 0.3 is 5.97 Å². The van der Waals surface area contributed by atoms with E-state index < -0.39 is 12.4 Å². The molecule has 0 saturated carbocycles. The van der Waals surface area contributed by atoms with Crippen molar-refractivity contribution < 1.29 is 18.7 Å². The largest absolute Gasteiger partial charge is 0.478 e. The molecule has 0 amide bonds. The van der Waals surface area contributed by atoms with Gasteiger partial charge in [0, 0.05) is 0 Å². The minimum absolute atomic E-state index is 0.148. The zero-order valence-corrected chi connectivity index (χ0v) is 10.6. The lowest BCUT2D eigenvalue weighted by molar-refractivity contribution is 0.0696. The molecule has 0 spiro atoms. The Balaban J connectivity index is 1.92. The molecule has 1 fully saturated rings. The number of rotatable bonds is 4. The Hall–Kier alpha value is -1.49. The molecule has 1 saturated heterocycles. The van der Waals surface area contributed by atoms with Crippen LogP contribution in [-0.4, -0.2) is 42.0 Å². The molecular formula is C14H17F2NO2. The number of hydrogen-bond acceptors (Lipinski definition) is 2. The standard InChI is InChI=1S/C14H17F2NO2/c15-13(16)9-17-7-5-11(6-8-17)10-1-3-12(4-2-10)14(18)19/h1-4,11,13H,5-9H2,(H,18,19). The molecule has 5 heteroatoms. The van der Waals surface area contributed by atoms with E-state index in [1.165, 1.54) is 0 Å². The minimum Gasteiger partial charge on any atom is -0.478 e. The van der Waals surface area contributed by atoms with E-state index in [1.807, 2.05) is 12.1 Å². The Labute approximate surface area is 110 Å². The molecule has 1 aliphatic rings. The summed E-state index contributed by atoms with van der Waals surface area (Å²) in [5.41, 5.74) is 1.38. The van der Waals surface area contributed by atoms with Gasteiger partial charge in [0.1, 0.15) is 0 Å². The maximum absolute atomic E-state index is 12.3. The average molecular weight is 269 g/mol. The first-order valence-corrected chi connectivity index (χ1v) is 6.40. The van der Waals surface area contributed by atoms with Crippen LogP contribution in [0.4, 0.5) is 8.78 Å². The van der Waals surface area contributed by atoms with Crippen LogP contribution in [0.1, 0.15) is 34.7 Å². The number of aromatic carboxylic acids is 1. The molecule has 1 aromatic rings. The van der Waals surface area contributed by atoms with E-state index in [1.54, 1.807) is 17.0 Å². The van der Waals surface area contributed by atoms with Gasteiger partial charge in [-0.05, 0) is 49.5 Å². The van der Waals surface area contributed by atoms with E-state index in [0.717, 1.165) is 18.4 Å². The number of piperidine rings is 1. The topological polar surface area (TPSA) is 40.5 Å². The molecule has 0 radical (unpaired) electrons. The van der Waals surface area contributed by atoms with Crippen LogP contribution in [0, 0.1) is 0 Å². The first-order valence-electron chi connectivity index (χ1n) is 6.40. The summed E-state index contributed by atoms with van der Waals surface area (Å²) in [6.07, 6.45) is -0.579. The second-order valence-corrected chi connectivity index (χ2v) is 4.89. The van der Waals surface area contributed by atoms with Gasteiger partial charge in [-0.3, -0.25) is 4.90 Å². The Morgan fingerprint density at radius 3 is 2.32 bits per heavy atom. The van der Waals surface area contributed by atoms with Gasteiger partial charge in [0.25, 0.3) is 6.43 Å². The second kappa shape index (κ2) is 6.10.